The number of rotatable bonds is 2. The Hall–Kier alpha value is -1.26. The van der Waals surface area contributed by atoms with Crippen molar-refractivity contribution in [2.24, 2.45) is 0 Å². The largest absolute Gasteiger partial charge is 0.506 e. The van der Waals surface area contributed by atoms with E-state index < -0.39 is 0 Å². The summed E-state index contributed by atoms with van der Waals surface area (Å²) >= 11 is 6.73. The molecule has 1 heterocycles. The van der Waals surface area contributed by atoms with Gasteiger partial charge in [0.1, 0.15) is 17.1 Å². The van der Waals surface area contributed by atoms with Crippen LogP contribution in [0.3, 0.4) is 0 Å². The molecule has 0 aliphatic carbocycles. The monoisotopic (exact) mass is 393 g/mol. The van der Waals surface area contributed by atoms with Gasteiger partial charge in [-0.25, -0.2) is 0 Å². The molecule has 2 nitrogen and oxygen atoms in total. The van der Waals surface area contributed by atoms with Crippen molar-refractivity contribution in [2.75, 3.05) is 0 Å². The number of aromatic hydroxyl groups is 1. The quantitative estimate of drug-likeness (QED) is 0.605. The zero-order valence-corrected chi connectivity index (χ0v) is 13.9. The minimum atomic E-state index is 0.200. The van der Waals surface area contributed by atoms with Crippen LogP contribution in [0.4, 0.5) is 0 Å². The number of halogens is 2. The Morgan fingerprint density at radius 3 is 2.55 bits per heavy atom. The lowest BCUT2D eigenvalue weighted by atomic mass is 10.0. The second-order valence-corrected chi connectivity index (χ2v) is 6.18. The fraction of sp³-hybridized carbons (Fsp3) is 0.125. The first kappa shape index (κ1) is 13.7. The lowest BCUT2D eigenvalue weighted by Crippen LogP contribution is -1.81. The van der Waals surface area contributed by atoms with Gasteiger partial charge >= 0.3 is 0 Å². The number of aryl methyl sites for hydroxylation is 1. The number of furan rings is 1. The first-order valence-corrected chi connectivity index (χ1v) is 7.81. The van der Waals surface area contributed by atoms with Crippen LogP contribution in [0.1, 0.15) is 12.7 Å². The summed E-state index contributed by atoms with van der Waals surface area (Å²) in [5.74, 6) is 1.05. The molecule has 1 radical (unpaired) electrons. The van der Waals surface area contributed by atoms with Crippen LogP contribution in [0.25, 0.3) is 22.1 Å². The van der Waals surface area contributed by atoms with Crippen LogP contribution in [0.15, 0.2) is 43.7 Å². The lowest BCUT2D eigenvalue weighted by Gasteiger charge is -2.07. The molecule has 0 amide bonds. The molecule has 4 heteroatoms. The lowest BCUT2D eigenvalue weighted by molar-refractivity contribution is 0.468. The van der Waals surface area contributed by atoms with Crippen molar-refractivity contribution < 1.29 is 9.52 Å². The summed E-state index contributed by atoms with van der Waals surface area (Å²) in [6, 6.07) is 13.0. The molecular formula is C16H11Br2O2. The molecule has 0 atom stereocenters. The van der Waals surface area contributed by atoms with Gasteiger partial charge < -0.3 is 9.52 Å². The van der Waals surface area contributed by atoms with Gasteiger partial charge in [0.15, 0.2) is 0 Å². The fourth-order valence-corrected chi connectivity index (χ4v) is 3.35. The highest BCUT2D eigenvalue weighted by Gasteiger charge is 2.12. The van der Waals surface area contributed by atoms with E-state index in [1.807, 2.05) is 37.3 Å². The molecule has 0 aliphatic rings. The zero-order valence-electron chi connectivity index (χ0n) is 10.7. The van der Waals surface area contributed by atoms with Crippen LogP contribution < -0.4 is 0 Å². The van der Waals surface area contributed by atoms with E-state index in [0.29, 0.717) is 8.95 Å². The summed E-state index contributed by atoms with van der Waals surface area (Å²) in [4.78, 5) is 0. The molecule has 1 aromatic heterocycles. The third kappa shape index (κ3) is 2.27. The Kier molecular flexibility index (Phi) is 3.61. The first-order chi connectivity index (χ1) is 9.60. The van der Waals surface area contributed by atoms with Crippen LogP contribution >= 0.6 is 31.9 Å². The molecule has 0 bridgehead atoms. The van der Waals surface area contributed by atoms with Crippen LogP contribution in [-0.4, -0.2) is 5.11 Å². The van der Waals surface area contributed by atoms with Crippen molar-refractivity contribution in [3.8, 4) is 16.9 Å². The highest BCUT2D eigenvalue weighted by atomic mass is 79.9. The molecule has 3 aromatic rings. The van der Waals surface area contributed by atoms with Crippen molar-refractivity contribution in [1.29, 1.82) is 0 Å². The molecule has 0 saturated carbocycles. The van der Waals surface area contributed by atoms with Crippen LogP contribution in [0.5, 0.6) is 5.75 Å². The topological polar surface area (TPSA) is 33.4 Å². The SMILES string of the molecule is CCc1[c]c2c(-c3cc(Br)c(O)c(Br)c3)cccc2o1. The number of hydrogen-bond donors (Lipinski definition) is 1. The second kappa shape index (κ2) is 5.26. The predicted molar refractivity (Wildman–Crippen MR) is 86.9 cm³/mol. The van der Waals surface area contributed by atoms with Crippen molar-refractivity contribution in [3.05, 3.63) is 51.1 Å². The van der Waals surface area contributed by atoms with Crippen molar-refractivity contribution in [3.63, 3.8) is 0 Å². The Morgan fingerprint density at radius 1 is 1.20 bits per heavy atom. The molecule has 101 valence electrons. The Balaban J connectivity index is 2.26. The maximum Gasteiger partial charge on any atom is 0.143 e. The summed E-state index contributed by atoms with van der Waals surface area (Å²) in [6.07, 6.45) is 0.817. The highest BCUT2D eigenvalue weighted by molar-refractivity contribution is 9.11. The van der Waals surface area contributed by atoms with Gasteiger partial charge in [-0.05, 0) is 61.2 Å². The molecule has 20 heavy (non-hydrogen) atoms. The second-order valence-electron chi connectivity index (χ2n) is 4.47. The van der Waals surface area contributed by atoms with Crippen molar-refractivity contribution >= 4 is 42.8 Å². The maximum atomic E-state index is 9.81. The molecule has 0 fully saturated rings. The zero-order chi connectivity index (χ0) is 14.3. The van der Waals surface area contributed by atoms with E-state index in [2.05, 4.69) is 37.9 Å². The molecule has 1 N–H and O–H groups in total. The molecule has 3 rings (SSSR count). The minimum Gasteiger partial charge on any atom is -0.506 e. The summed E-state index contributed by atoms with van der Waals surface area (Å²) in [5, 5.41) is 10.8. The normalized spacial score (nSPS) is 11.2. The van der Waals surface area contributed by atoms with E-state index in [1.165, 1.54) is 0 Å². The smallest absolute Gasteiger partial charge is 0.143 e. The number of benzene rings is 2. The number of hydrogen-bond acceptors (Lipinski definition) is 2. The summed E-state index contributed by atoms with van der Waals surface area (Å²) in [5.41, 5.74) is 2.86. The van der Waals surface area contributed by atoms with Crippen molar-refractivity contribution in [1.82, 2.24) is 0 Å². The van der Waals surface area contributed by atoms with Gasteiger partial charge in [0.05, 0.1) is 8.95 Å². The Labute approximate surface area is 133 Å². The average molecular weight is 395 g/mol. The van der Waals surface area contributed by atoms with E-state index >= 15 is 0 Å². The van der Waals surface area contributed by atoms with E-state index in [9.17, 15) is 5.11 Å². The molecule has 0 saturated heterocycles. The maximum absolute atomic E-state index is 9.81. The van der Waals surface area contributed by atoms with Crippen LogP contribution in [-0.2, 0) is 6.42 Å². The van der Waals surface area contributed by atoms with E-state index in [4.69, 9.17) is 4.42 Å². The van der Waals surface area contributed by atoms with Crippen molar-refractivity contribution in [2.45, 2.75) is 13.3 Å². The van der Waals surface area contributed by atoms with E-state index in [-0.39, 0.29) is 5.75 Å². The van der Waals surface area contributed by atoms with Gasteiger partial charge in [-0.2, -0.15) is 0 Å². The Morgan fingerprint density at radius 2 is 1.90 bits per heavy atom. The molecule has 2 aromatic carbocycles. The van der Waals surface area contributed by atoms with E-state index in [1.54, 1.807) is 0 Å². The number of phenolic OH excluding ortho intramolecular Hbond substituents is 1. The van der Waals surface area contributed by atoms with Gasteiger partial charge in [0.25, 0.3) is 0 Å². The molecular weight excluding hydrogens is 384 g/mol. The molecule has 0 spiro atoms. The van der Waals surface area contributed by atoms with Gasteiger partial charge in [-0.1, -0.05) is 19.1 Å². The standard InChI is InChI=1S/C16H11Br2O2/c1-2-10-8-12-11(4-3-5-15(12)20-10)9-6-13(17)16(19)14(18)7-9/h3-7,19H,2H2,1H3. The fourth-order valence-electron chi connectivity index (χ4n) is 2.16. The minimum absolute atomic E-state index is 0.200. The number of phenols is 1. The first-order valence-electron chi connectivity index (χ1n) is 6.22. The molecule has 0 aliphatic heterocycles. The Bertz CT molecular complexity index is 767. The highest BCUT2D eigenvalue weighted by Crippen LogP contribution is 2.39. The van der Waals surface area contributed by atoms with Crippen LogP contribution in [0, 0.1) is 6.07 Å². The summed E-state index contributed by atoms with van der Waals surface area (Å²) in [6.45, 7) is 2.04. The summed E-state index contributed by atoms with van der Waals surface area (Å²) < 4.78 is 7.04. The van der Waals surface area contributed by atoms with Gasteiger partial charge in [0, 0.05) is 17.9 Å². The van der Waals surface area contributed by atoms with E-state index in [0.717, 1.165) is 34.3 Å². The number of fused-ring (bicyclic) bond motifs is 1. The third-order valence-corrected chi connectivity index (χ3v) is 4.38. The average Bonchev–Trinajstić information content (AvgIpc) is 2.87. The van der Waals surface area contributed by atoms with Gasteiger partial charge in [-0.3, -0.25) is 0 Å². The third-order valence-electron chi connectivity index (χ3n) is 3.17. The summed E-state index contributed by atoms with van der Waals surface area (Å²) in [7, 11) is 0. The predicted octanol–water partition coefficient (Wildman–Crippen LogP) is 5.69. The van der Waals surface area contributed by atoms with Gasteiger partial charge in [-0.15, -0.1) is 0 Å². The van der Waals surface area contributed by atoms with Crippen LogP contribution in [0.2, 0.25) is 0 Å². The molecule has 0 unspecified atom stereocenters. The van der Waals surface area contributed by atoms with Gasteiger partial charge in [0.2, 0.25) is 0 Å².